The molecule has 116 valence electrons. The molecule has 1 spiro atoms. The Kier molecular flexibility index (Phi) is 3.80. The molecular formula is C16H18N2O4. The van der Waals surface area contributed by atoms with Gasteiger partial charge in [0.1, 0.15) is 24.3 Å². The number of aromatic nitrogens is 1. The highest BCUT2D eigenvalue weighted by Gasteiger charge is 2.41. The second kappa shape index (κ2) is 5.76. The van der Waals surface area contributed by atoms with Crippen molar-refractivity contribution in [2.45, 2.75) is 44.9 Å². The van der Waals surface area contributed by atoms with Crippen molar-refractivity contribution < 1.29 is 19.0 Å². The molecule has 0 fully saturated rings. The molecular weight excluding hydrogens is 284 g/mol. The summed E-state index contributed by atoms with van der Waals surface area (Å²) in [5.74, 6) is -0.910. The molecule has 0 saturated carbocycles. The van der Waals surface area contributed by atoms with Gasteiger partial charge in [-0.3, -0.25) is 4.79 Å². The van der Waals surface area contributed by atoms with Gasteiger partial charge in [-0.05, 0) is 24.5 Å². The zero-order chi connectivity index (χ0) is 15.6. The van der Waals surface area contributed by atoms with Gasteiger partial charge in [0.05, 0.1) is 19.4 Å². The number of fused-ring (bicyclic) bond motifs is 1. The van der Waals surface area contributed by atoms with E-state index in [0.717, 1.165) is 24.0 Å². The molecule has 1 aliphatic carbocycles. The summed E-state index contributed by atoms with van der Waals surface area (Å²) in [5.41, 5.74) is 2.67. The Morgan fingerprint density at radius 3 is 2.95 bits per heavy atom. The van der Waals surface area contributed by atoms with Gasteiger partial charge < -0.3 is 18.8 Å². The van der Waals surface area contributed by atoms with E-state index in [1.807, 2.05) is 10.8 Å². The highest BCUT2D eigenvalue weighted by molar-refractivity contribution is 5.69. The molecule has 0 N–H and O–H groups in total. The first-order chi connectivity index (χ1) is 10.7. The number of aryl methyl sites for hydroxylation is 2. The van der Waals surface area contributed by atoms with Crippen molar-refractivity contribution in [3.63, 3.8) is 0 Å². The number of rotatable bonds is 4. The van der Waals surface area contributed by atoms with Crippen LogP contribution in [0.5, 0.6) is 0 Å². The minimum atomic E-state index is -0.661. The zero-order valence-corrected chi connectivity index (χ0v) is 12.5. The first-order valence-electron chi connectivity index (χ1n) is 7.45. The molecule has 0 saturated heterocycles. The van der Waals surface area contributed by atoms with Crippen LogP contribution in [-0.2, 0) is 38.4 Å². The number of hydrogen-bond donors (Lipinski definition) is 0. The summed E-state index contributed by atoms with van der Waals surface area (Å²) in [5, 5.41) is 9.48. The lowest BCUT2D eigenvalue weighted by atomic mass is 9.89. The number of ether oxygens (including phenoxy) is 3. The fourth-order valence-electron chi connectivity index (χ4n) is 3.04. The molecule has 1 aromatic rings. The van der Waals surface area contributed by atoms with Gasteiger partial charge in [-0.15, -0.1) is 0 Å². The predicted octanol–water partition coefficient (Wildman–Crippen LogP) is 2.02. The van der Waals surface area contributed by atoms with E-state index in [1.54, 1.807) is 19.4 Å². The first-order valence-corrected chi connectivity index (χ1v) is 7.45. The van der Waals surface area contributed by atoms with E-state index in [1.165, 1.54) is 0 Å². The van der Waals surface area contributed by atoms with Crippen LogP contribution < -0.4 is 0 Å². The average Bonchev–Trinajstić information content (AvgIpc) is 3.10. The van der Waals surface area contributed by atoms with E-state index < -0.39 is 5.79 Å². The number of hydrogen-bond acceptors (Lipinski definition) is 5. The van der Waals surface area contributed by atoms with Crippen molar-refractivity contribution in [1.29, 1.82) is 5.26 Å². The maximum atomic E-state index is 11.5. The van der Waals surface area contributed by atoms with E-state index >= 15 is 0 Å². The van der Waals surface area contributed by atoms with Gasteiger partial charge in [0, 0.05) is 19.2 Å². The molecule has 1 aromatic heterocycles. The second-order valence-corrected chi connectivity index (χ2v) is 5.44. The van der Waals surface area contributed by atoms with Crippen molar-refractivity contribution in [3.8, 4) is 6.07 Å². The fourth-order valence-corrected chi connectivity index (χ4v) is 3.04. The fraction of sp³-hybridized carbons (Fsp3) is 0.500. The van der Waals surface area contributed by atoms with Crippen LogP contribution in [-0.4, -0.2) is 22.9 Å². The third-order valence-corrected chi connectivity index (χ3v) is 4.08. The maximum Gasteiger partial charge on any atom is 0.307 e. The van der Waals surface area contributed by atoms with Crippen LogP contribution in [0.4, 0.5) is 0 Å². The molecule has 1 aliphatic heterocycles. The van der Waals surface area contributed by atoms with Gasteiger partial charge in [0.25, 0.3) is 5.79 Å². The van der Waals surface area contributed by atoms with Gasteiger partial charge >= 0.3 is 5.97 Å². The lowest BCUT2D eigenvalue weighted by molar-refractivity contribution is -0.148. The van der Waals surface area contributed by atoms with Crippen LogP contribution in [0.15, 0.2) is 18.7 Å². The van der Waals surface area contributed by atoms with Crippen LogP contribution in [0, 0.1) is 11.3 Å². The number of nitriles is 1. The molecule has 0 amide bonds. The molecule has 0 unspecified atom stereocenters. The summed E-state index contributed by atoms with van der Waals surface area (Å²) < 4.78 is 17.9. The Labute approximate surface area is 128 Å². The number of nitrogens with zero attached hydrogens (tertiary/aromatic N) is 2. The molecule has 2 heterocycles. The standard InChI is InChI=1S/C16H18N2O4/c1-2-20-15(19)4-6-18-11-12-3-5-16(21-7-8-22-16)9-13(12)14(18)10-17/h7-8,11H,2-6,9H2,1H3. The molecule has 6 heteroatoms. The summed E-state index contributed by atoms with van der Waals surface area (Å²) in [4.78, 5) is 11.5. The Morgan fingerprint density at radius 1 is 1.50 bits per heavy atom. The first kappa shape index (κ1) is 14.5. The number of esters is 1. The Bertz CT molecular complexity index is 646. The van der Waals surface area contributed by atoms with Crippen molar-refractivity contribution in [1.82, 2.24) is 4.57 Å². The third kappa shape index (κ3) is 2.54. The Balaban J connectivity index is 1.78. The Hall–Kier alpha value is -2.42. The molecule has 22 heavy (non-hydrogen) atoms. The maximum absolute atomic E-state index is 11.5. The molecule has 3 rings (SSSR count). The summed E-state index contributed by atoms with van der Waals surface area (Å²) in [6.45, 7) is 2.60. The molecule has 0 atom stereocenters. The van der Waals surface area contributed by atoms with Crippen LogP contribution in [0.3, 0.4) is 0 Å². The minimum absolute atomic E-state index is 0.249. The average molecular weight is 302 g/mol. The predicted molar refractivity (Wildman–Crippen MR) is 76.5 cm³/mol. The quantitative estimate of drug-likeness (QED) is 0.795. The van der Waals surface area contributed by atoms with Gasteiger partial charge in [-0.2, -0.15) is 5.26 Å². The van der Waals surface area contributed by atoms with Crippen molar-refractivity contribution >= 4 is 5.97 Å². The summed E-state index contributed by atoms with van der Waals surface area (Å²) in [7, 11) is 0. The number of carbonyl (C=O) groups excluding carboxylic acids is 1. The molecule has 2 aliphatic rings. The van der Waals surface area contributed by atoms with Crippen LogP contribution in [0.2, 0.25) is 0 Å². The summed E-state index contributed by atoms with van der Waals surface area (Å²) in [6.07, 6.45) is 7.41. The topological polar surface area (TPSA) is 73.5 Å². The van der Waals surface area contributed by atoms with Crippen molar-refractivity contribution in [2.75, 3.05) is 6.61 Å². The monoisotopic (exact) mass is 302 g/mol. The van der Waals surface area contributed by atoms with Crippen molar-refractivity contribution in [2.24, 2.45) is 0 Å². The lowest BCUT2D eigenvalue weighted by Gasteiger charge is -2.31. The van der Waals surface area contributed by atoms with Crippen LogP contribution >= 0.6 is 0 Å². The zero-order valence-electron chi connectivity index (χ0n) is 12.5. The van der Waals surface area contributed by atoms with Gasteiger partial charge in [-0.25, -0.2) is 0 Å². The molecule has 0 bridgehead atoms. The van der Waals surface area contributed by atoms with E-state index in [-0.39, 0.29) is 12.4 Å². The van der Waals surface area contributed by atoms with E-state index in [0.29, 0.717) is 25.3 Å². The molecule has 0 aromatic carbocycles. The normalized spacial score (nSPS) is 17.5. The Morgan fingerprint density at radius 2 is 2.27 bits per heavy atom. The lowest BCUT2D eigenvalue weighted by Crippen LogP contribution is -2.36. The smallest absolute Gasteiger partial charge is 0.307 e. The molecule has 6 nitrogen and oxygen atoms in total. The largest absolute Gasteiger partial charge is 0.466 e. The van der Waals surface area contributed by atoms with E-state index in [9.17, 15) is 10.1 Å². The van der Waals surface area contributed by atoms with E-state index in [4.69, 9.17) is 14.2 Å². The SMILES string of the molecule is CCOC(=O)CCn1cc2c(c1C#N)CC1(CC2)OC=CO1. The van der Waals surface area contributed by atoms with Crippen molar-refractivity contribution in [3.05, 3.63) is 35.5 Å². The third-order valence-electron chi connectivity index (χ3n) is 4.08. The van der Waals surface area contributed by atoms with E-state index in [2.05, 4.69) is 6.07 Å². The van der Waals surface area contributed by atoms with Gasteiger partial charge in [0.2, 0.25) is 0 Å². The summed E-state index contributed by atoms with van der Waals surface area (Å²) in [6, 6.07) is 2.25. The highest BCUT2D eigenvalue weighted by Crippen LogP contribution is 2.37. The second-order valence-electron chi connectivity index (χ2n) is 5.44. The number of carbonyl (C=O) groups is 1. The van der Waals surface area contributed by atoms with Crippen LogP contribution in [0.1, 0.15) is 36.6 Å². The van der Waals surface area contributed by atoms with Crippen LogP contribution in [0.25, 0.3) is 0 Å². The summed E-state index contributed by atoms with van der Waals surface area (Å²) >= 11 is 0. The molecule has 0 radical (unpaired) electrons. The van der Waals surface area contributed by atoms with Gasteiger partial charge in [-0.1, -0.05) is 0 Å². The minimum Gasteiger partial charge on any atom is -0.466 e. The highest BCUT2D eigenvalue weighted by atomic mass is 16.7. The van der Waals surface area contributed by atoms with Gasteiger partial charge in [0.15, 0.2) is 0 Å².